The summed E-state index contributed by atoms with van der Waals surface area (Å²) < 4.78 is 52.7. The van der Waals surface area contributed by atoms with E-state index in [1.54, 1.807) is 11.8 Å². The first kappa shape index (κ1) is 33.8. The zero-order valence-electron chi connectivity index (χ0n) is 28.2. The lowest BCUT2D eigenvalue weighted by Gasteiger charge is -2.71. The number of alkyl halides is 3. The summed E-state index contributed by atoms with van der Waals surface area (Å²) in [5.74, 6) is -0.645. The standard InChI is InChI=1S/C38H48F3NO6/c1-4-47-32(45)42(22-27-9-6-18-48-27)23-36(46)15-12-30-34(36,3)14-11-29-33(2)13-10-26(43)20-35(33)16-17-37(29,30)28(21-35)31(44)24-7-5-8-25(19-24)38(39,40)41/h5,7-8,16-17,19,21,26-27,29-30,43,46H,4,6,9-15,18,20,22-23H2,1-3H3. The molecule has 6 aliphatic carbocycles. The molecular formula is C38H48F3NO6. The molecule has 262 valence electrons. The molecule has 1 aromatic carbocycles. The number of ketones is 1. The highest BCUT2D eigenvalue weighted by atomic mass is 19.4. The highest BCUT2D eigenvalue weighted by molar-refractivity contribution is 6.10. The number of carbonyl (C=O) groups excluding carboxylic acids is 2. The van der Waals surface area contributed by atoms with Crippen LogP contribution in [-0.2, 0) is 15.7 Å². The minimum atomic E-state index is -4.60. The number of nitrogens with zero attached hydrogens (tertiary/aromatic N) is 1. The fourth-order valence-corrected chi connectivity index (χ4v) is 11.4. The molecule has 9 unspecified atom stereocenters. The summed E-state index contributed by atoms with van der Waals surface area (Å²) in [5.41, 5.74) is -4.12. The molecule has 1 heterocycles. The molecule has 2 spiro atoms. The van der Waals surface area contributed by atoms with E-state index in [4.69, 9.17) is 9.47 Å². The van der Waals surface area contributed by atoms with Gasteiger partial charge in [-0.05, 0) is 94.1 Å². The van der Waals surface area contributed by atoms with Crippen LogP contribution >= 0.6 is 0 Å². The molecule has 1 aliphatic heterocycles. The van der Waals surface area contributed by atoms with Gasteiger partial charge in [-0.3, -0.25) is 4.79 Å². The zero-order chi connectivity index (χ0) is 34.3. The SMILES string of the molecule is CCOC(=O)N(CC1CCCO1)CC1(O)CCC2C34C=CC5(C=C3C(=O)c3cccc(C(F)(F)F)c3)CC(O)CCC5(C)C4CCC21C. The number of aliphatic hydroxyl groups excluding tert-OH is 1. The van der Waals surface area contributed by atoms with E-state index in [9.17, 15) is 33.0 Å². The maximum atomic E-state index is 14.7. The number of Topliss-reactive ketones (excluding diaryl/α,β-unsaturated/α-hetero) is 1. The Hall–Kier alpha value is -2.69. The van der Waals surface area contributed by atoms with Crippen LogP contribution in [-0.4, -0.2) is 71.1 Å². The predicted octanol–water partition coefficient (Wildman–Crippen LogP) is 7.12. The van der Waals surface area contributed by atoms with Gasteiger partial charge in [-0.15, -0.1) is 0 Å². The Labute approximate surface area is 280 Å². The van der Waals surface area contributed by atoms with Gasteiger partial charge in [-0.25, -0.2) is 4.79 Å². The van der Waals surface area contributed by atoms with Crippen LogP contribution in [0.4, 0.5) is 18.0 Å². The number of hydrogen-bond donors (Lipinski definition) is 2. The van der Waals surface area contributed by atoms with E-state index >= 15 is 0 Å². The summed E-state index contributed by atoms with van der Waals surface area (Å²) in [6.45, 7) is 7.31. The number of amides is 1. The van der Waals surface area contributed by atoms with Crippen molar-refractivity contribution < 1.29 is 42.4 Å². The molecule has 0 radical (unpaired) electrons. The Kier molecular flexibility index (Phi) is 8.04. The van der Waals surface area contributed by atoms with E-state index in [0.29, 0.717) is 57.2 Å². The summed E-state index contributed by atoms with van der Waals surface area (Å²) in [5, 5.41) is 23.7. The van der Waals surface area contributed by atoms with Gasteiger partial charge in [0.2, 0.25) is 0 Å². The van der Waals surface area contributed by atoms with Gasteiger partial charge in [0, 0.05) is 34.0 Å². The molecule has 1 aromatic rings. The average Bonchev–Trinajstić information content (AvgIpc) is 3.65. The highest BCUT2D eigenvalue weighted by Crippen LogP contribution is 2.78. The van der Waals surface area contributed by atoms with Gasteiger partial charge in [0.15, 0.2) is 5.78 Å². The number of benzene rings is 1. The van der Waals surface area contributed by atoms with Crippen molar-refractivity contribution in [1.82, 2.24) is 4.90 Å². The second-order valence-electron chi connectivity index (χ2n) is 15.9. The first-order valence-electron chi connectivity index (χ1n) is 17.7. The second-order valence-corrected chi connectivity index (χ2v) is 15.9. The Balaban J connectivity index is 1.31. The molecule has 7 aliphatic rings. The molecule has 4 fully saturated rings. The van der Waals surface area contributed by atoms with Crippen LogP contribution < -0.4 is 0 Å². The lowest BCUT2D eigenvalue weighted by molar-refractivity contribution is -0.175. The fraction of sp³-hybridized carbons (Fsp3) is 0.684. The van der Waals surface area contributed by atoms with Gasteiger partial charge >= 0.3 is 12.3 Å². The second kappa shape index (κ2) is 11.4. The number of rotatable bonds is 7. The van der Waals surface area contributed by atoms with Crippen LogP contribution in [0, 0.1) is 33.5 Å². The van der Waals surface area contributed by atoms with Crippen molar-refractivity contribution in [2.75, 3.05) is 26.3 Å². The number of aliphatic hydroxyl groups is 2. The molecule has 48 heavy (non-hydrogen) atoms. The zero-order valence-corrected chi connectivity index (χ0v) is 28.2. The third-order valence-electron chi connectivity index (χ3n) is 13.8. The van der Waals surface area contributed by atoms with Gasteiger partial charge < -0.3 is 24.6 Å². The smallest absolute Gasteiger partial charge is 0.416 e. The molecule has 0 aromatic heterocycles. The van der Waals surface area contributed by atoms with Crippen molar-refractivity contribution in [3.8, 4) is 0 Å². The first-order valence-corrected chi connectivity index (χ1v) is 17.7. The molecule has 8 rings (SSSR count). The van der Waals surface area contributed by atoms with E-state index in [-0.39, 0.29) is 42.1 Å². The lowest BCUT2D eigenvalue weighted by atomic mass is 9.32. The van der Waals surface area contributed by atoms with Crippen LogP contribution in [0.1, 0.15) is 94.5 Å². The monoisotopic (exact) mass is 671 g/mol. The average molecular weight is 672 g/mol. The predicted molar refractivity (Wildman–Crippen MR) is 172 cm³/mol. The number of allylic oxidation sites excluding steroid dienone is 4. The molecule has 3 saturated carbocycles. The normalized spacial score (nSPS) is 41.3. The molecule has 1 amide bonds. The van der Waals surface area contributed by atoms with Crippen molar-refractivity contribution in [2.24, 2.45) is 33.5 Å². The number of halogens is 3. The van der Waals surface area contributed by atoms with Crippen molar-refractivity contribution >= 4 is 11.9 Å². The summed E-state index contributed by atoms with van der Waals surface area (Å²) in [7, 11) is 0. The van der Waals surface area contributed by atoms with Crippen LogP contribution in [0.15, 0.2) is 48.1 Å². The molecule has 10 heteroatoms. The van der Waals surface area contributed by atoms with Crippen LogP contribution in [0.25, 0.3) is 0 Å². The highest BCUT2D eigenvalue weighted by Gasteiger charge is 2.74. The van der Waals surface area contributed by atoms with Crippen LogP contribution in [0.5, 0.6) is 0 Å². The van der Waals surface area contributed by atoms with Crippen molar-refractivity contribution in [3.05, 3.63) is 59.2 Å². The maximum Gasteiger partial charge on any atom is 0.416 e. The number of ether oxygens (including phenoxy) is 2. The fourth-order valence-electron chi connectivity index (χ4n) is 11.4. The molecule has 1 saturated heterocycles. The quantitative estimate of drug-likeness (QED) is 0.237. The van der Waals surface area contributed by atoms with E-state index in [1.165, 1.54) is 12.1 Å². The maximum absolute atomic E-state index is 14.7. The Bertz CT molecular complexity index is 1540. The first-order chi connectivity index (χ1) is 22.6. The van der Waals surface area contributed by atoms with Gasteiger partial charge in [0.05, 0.1) is 43.1 Å². The molecule has 7 nitrogen and oxygen atoms in total. The Morgan fingerprint density at radius 3 is 2.48 bits per heavy atom. The largest absolute Gasteiger partial charge is 0.450 e. The molecule has 2 N–H and O–H groups in total. The minimum Gasteiger partial charge on any atom is -0.450 e. The summed E-state index contributed by atoms with van der Waals surface area (Å²) in [4.78, 5) is 29.5. The van der Waals surface area contributed by atoms with Gasteiger partial charge in [-0.2, -0.15) is 13.2 Å². The number of carbonyl (C=O) groups is 2. The summed E-state index contributed by atoms with van der Waals surface area (Å²) >= 11 is 0. The minimum absolute atomic E-state index is 0.00859. The van der Waals surface area contributed by atoms with Crippen LogP contribution in [0.3, 0.4) is 0 Å². The van der Waals surface area contributed by atoms with Crippen molar-refractivity contribution in [3.63, 3.8) is 0 Å². The molecular weight excluding hydrogens is 623 g/mol. The number of fused-ring (bicyclic) bond motifs is 1. The van der Waals surface area contributed by atoms with Gasteiger partial charge in [-0.1, -0.05) is 44.2 Å². The van der Waals surface area contributed by atoms with Crippen molar-refractivity contribution in [2.45, 2.75) is 103 Å². The van der Waals surface area contributed by atoms with Gasteiger partial charge in [0.1, 0.15) is 0 Å². The summed E-state index contributed by atoms with van der Waals surface area (Å²) in [6.07, 6.45) is 6.50. The third-order valence-corrected chi connectivity index (χ3v) is 13.8. The van der Waals surface area contributed by atoms with Crippen molar-refractivity contribution in [1.29, 1.82) is 0 Å². The van der Waals surface area contributed by atoms with E-state index < -0.39 is 51.6 Å². The molecule has 2 bridgehead atoms. The lowest BCUT2D eigenvalue weighted by Crippen LogP contribution is -2.67. The summed E-state index contributed by atoms with van der Waals surface area (Å²) in [6, 6.07) is 4.67. The number of hydrogen-bond acceptors (Lipinski definition) is 6. The molecule has 9 atom stereocenters. The Morgan fingerprint density at radius 1 is 1.04 bits per heavy atom. The Morgan fingerprint density at radius 2 is 1.77 bits per heavy atom. The topological polar surface area (TPSA) is 96.3 Å². The van der Waals surface area contributed by atoms with E-state index in [2.05, 4.69) is 26.0 Å². The third kappa shape index (κ3) is 4.78. The van der Waals surface area contributed by atoms with Gasteiger partial charge in [0.25, 0.3) is 0 Å². The van der Waals surface area contributed by atoms with Crippen LogP contribution in [0.2, 0.25) is 0 Å². The van der Waals surface area contributed by atoms with E-state index in [1.807, 2.05) is 6.08 Å². The van der Waals surface area contributed by atoms with E-state index in [0.717, 1.165) is 31.4 Å².